The molecule has 4 nitrogen and oxygen atoms in total. The van der Waals surface area contributed by atoms with Crippen molar-refractivity contribution in [3.8, 4) is 0 Å². The van der Waals surface area contributed by atoms with E-state index in [1.54, 1.807) is 6.33 Å². The van der Waals surface area contributed by atoms with Crippen LogP contribution in [0.2, 0.25) is 0 Å². The maximum absolute atomic E-state index is 4.35. The van der Waals surface area contributed by atoms with Gasteiger partial charge in [-0.05, 0) is 26.5 Å². The summed E-state index contributed by atoms with van der Waals surface area (Å²) in [5, 5.41) is 0. The first-order chi connectivity index (χ1) is 10.1. The molecule has 0 amide bonds. The van der Waals surface area contributed by atoms with Gasteiger partial charge in [0.15, 0.2) is 0 Å². The van der Waals surface area contributed by atoms with Gasteiger partial charge in [-0.25, -0.2) is 9.97 Å². The largest absolute Gasteiger partial charge is 0.353 e. The van der Waals surface area contributed by atoms with Gasteiger partial charge in [-0.3, -0.25) is 4.90 Å². The van der Waals surface area contributed by atoms with Gasteiger partial charge in [0.25, 0.3) is 0 Å². The molecule has 2 aromatic rings. The van der Waals surface area contributed by atoms with E-state index in [1.165, 1.54) is 11.1 Å². The molecule has 1 aromatic carbocycles. The van der Waals surface area contributed by atoms with E-state index in [4.69, 9.17) is 0 Å². The molecule has 21 heavy (non-hydrogen) atoms. The summed E-state index contributed by atoms with van der Waals surface area (Å²) in [4.78, 5) is 13.2. The summed E-state index contributed by atoms with van der Waals surface area (Å²) >= 11 is 0. The number of rotatable bonds is 4. The van der Waals surface area contributed by atoms with Crippen LogP contribution in [0.5, 0.6) is 0 Å². The monoisotopic (exact) mass is 282 g/mol. The van der Waals surface area contributed by atoms with Gasteiger partial charge < -0.3 is 4.90 Å². The number of aromatic nitrogens is 2. The summed E-state index contributed by atoms with van der Waals surface area (Å²) < 4.78 is 0. The van der Waals surface area contributed by atoms with Crippen molar-refractivity contribution >= 4 is 5.82 Å². The van der Waals surface area contributed by atoms with E-state index in [9.17, 15) is 0 Å². The number of likely N-dealkylation sites (N-methyl/N-ethyl adjacent to an activating group) is 1. The Kier molecular flexibility index (Phi) is 3.88. The standard InChI is InChI=1S/C17H22N4/c1-13-4-6-15(7-5-13)9-20(3)16-10-21(11-16)17-8-14(2)18-12-19-17/h4-8,12,16H,9-11H2,1-3H3. The van der Waals surface area contributed by atoms with Crippen molar-refractivity contribution < 1.29 is 0 Å². The fourth-order valence-corrected chi connectivity index (χ4v) is 2.65. The fraction of sp³-hybridized carbons (Fsp3) is 0.412. The molecule has 0 aliphatic carbocycles. The highest BCUT2D eigenvalue weighted by molar-refractivity contribution is 5.42. The van der Waals surface area contributed by atoms with Crippen molar-refractivity contribution in [2.24, 2.45) is 0 Å². The molecule has 0 saturated carbocycles. The second-order valence-electron chi connectivity index (χ2n) is 5.98. The number of hydrogen-bond acceptors (Lipinski definition) is 4. The van der Waals surface area contributed by atoms with Crippen molar-refractivity contribution in [3.63, 3.8) is 0 Å². The van der Waals surface area contributed by atoms with E-state index in [-0.39, 0.29) is 0 Å². The van der Waals surface area contributed by atoms with Crippen molar-refractivity contribution in [1.82, 2.24) is 14.9 Å². The van der Waals surface area contributed by atoms with Crippen LogP contribution in [0, 0.1) is 13.8 Å². The smallest absolute Gasteiger partial charge is 0.132 e. The van der Waals surface area contributed by atoms with Gasteiger partial charge in [0.05, 0.1) is 0 Å². The van der Waals surface area contributed by atoms with Crippen LogP contribution < -0.4 is 4.90 Å². The van der Waals surface area contributed by atoms with Gasteiger partial charge >= 0.3 is 0 Å². The molecule has 1 aliphatic heterocycles. The average Bonchev–Trinajstić information content (AvgIpc) is 2.40. The highest BCUT2D eigenvalue weighted by Gasteiger charge is 2.30. The highest BCUT2D eigenvalue weighted by Crippen LogP contribution is 2.22. The van der Waals surface area contributed by atoms with E-state index in [1.807, 2.05) is 6.92 Å². The Bertz CT molecular complexity index is 602. The van der Waals surface area contributed by atoms with E-state index in [0.717, 1.165) is 31.1 Å². The molecule has 4 heteroatoms. The lowest BCUT2D eigenvalue weighted by atomic mass is 10.1. The Morgan fingerprint density at radius 2 is 1.86 bits per heavy atom. The Balaban J connectivity index is 1.54. The number of hydrogen-bond donors (Lipinski definition) is 0. The summed E-state index contributed by atoms with van der Waals surface area (Å²) in [6, 6.07) is 11.4. The molecule has 0 unspecified atom stereocenters. The average molecular weight is 282 g/mol. The molecule has 1 saturated heterocycles. The van der Waals surface area contributed by atoms with Gasteiger partial charge in [-0.1, -0.05) is 29.8 Å². The fourth-order valence-electron chi connectivity index (χ4n) is 2.65. The van der Waals surface area contributed by atoms with Crippen molar-refractivity contribution in [3.05, 3.63) is 53.5 Å². The van der Waals surface area contributed by atoms with Crippen LogP contribution in [-0.2, 0) is 6.54 Å². The van der Waals surface area contributed by atoms with Crippen molar-refractivity contribution in [2.75, 3.05) is 25.0 Å². The van der Waals surface area contributed by atoms with E-state index in [2.05, 4.69) is 64.1 Å². The van der Waals surface area contributed by atoms with Crippen LogP contribution >= 0.6 is 0 Å². The molecule has 1 fully saturated rings. The van der Waals surface area contributed by atoms with E-state index in [0.29, 0.717) is 6.04 Å². The summed E-state index contributed by atoms with van der Waals surface area (Å²) in [5.41, 5.74) is 3.71. The SMILES string of the molecule is Cc1ccc(CN(C)C2CN(c3cc(C)ncn3)C2)cc1. The summed E-state index contributed by atoms with van der Waals surface area (Å²) in [7, 11) is 2.20. The first kappa shape index (κ1) is 14.0. The van der Waals surface area contributed by atoms with Crippen LogP contribution in [0.4, 0.5) is 5.82 Å². The minimum absolute atomic E-state index is 0.599. The predicted molar refractivity (Wildman–Crippen MR) is 85.4 cm³/mol. The molecule has 2 heterocycles. The van der Waals surface area contributed by atoms with Crippen molar-refractivity contribution in [2.45, 2.75) is 26.4 Å². The third kappa shape index (κ3) is 3.22. The molecule has 0 atom stereocenters. The Labute approximate surface area is 126 Å². The molecule has 0 spiro atoms. The van der Waals surface area contributed by atoms with Crippen LogP contribution in [0.3, 0.4) is 0 Å². The number of benzene rings is 1. The predicted octanol–water partition coefficient (Wildman–Crippen LogP) is 2.41. The van der Waals surface area contributed by atoms with Crippen LogP contribution in [0.15, 0.2) is 36.7 Å². The Morgan fingerprint density at radius 1 is 1.14 bits per heavy atom. The van der Waals surface area contributed by atoms with Gasteiger partial charge in [-0.2, -0.15) is 0 Å². The van der Waals surface area contributed by atoms with Gasteiger partial charge in [0.2, 0.25) is 0 Å². The summed E-state index contributed by atoms with van der Waals surface area (Å²) in [6.45, 7) is 7.21. The Morgan fingerprint density at radius 3 is 2.52 bits per heavy atom. The van der Waals surface area contributed by atoms with Crippen LogP contribution in [0.25, 0.3) is 0 Å². The number of aryl methyl sites for hydroxylation is 2. The molecular formula is C17H22N4. The third-order valence-electron chi connectivity index (χ3n) is 4.15. The van der Waals surface area contributed by atoms with Gasteiger partial charge in [-0.15, -0.1) is 0 Å². The normalized spacial score (nSPS) is 15.3. The number of nitrogens with zero attached hydrogens (tertiary/aromatic N) is 4. The van der Waals surface area contributed by atoms with Crippen LogP contribution in [0.1, 0.15) is 16.8 Å². The molecule has 0 radical (unpaired) electrons. The first-order valence-electron chi connectivity index (χ1n) is 7.41. The number of anilines is 1. The minimum atomic E-state index is 0.599. The lowest BCUT2D eigenvalue weighted by molar-refractivity contribution is 0.197. The maximum atomic E-state index is 4.35. The molecule has 0 N–H and O–H groups in total. The maximum Gasteiger partial charge on any atom is 0.132 e. The summed E-state index contributed by atoms with van der Waals surface area (Å²) in [6.07, 6.45) is 1.65. The minimum Gasteiger partial charge on any atom is -0.353 e. The molecule has 0 bridgehead atoms. The van der Waals surface area contributed by atoms with Crippen molar-refractivity contribution in [1.29, 1.82) is 0 Å². The Hall–Kier alpha value is -1.94. The second-order valence-corrected chi connectivity index (χ2v) is 5.98. The quantitative estimate of drug-likeness (QED) is 0.862. The van der Waals surface area contributed by atoms with Crippen LogP contribution in [-0.4, -0.2) is 41.0 Å². The zero-order chi connectivity index (χ0) is 14.8. The highest BCUT2D eigenvalue weighted by atomic mass is 15.3. The lowest BCUT2D eigenvalue weighted by Gasteiger charge is -2.44. The zero-order valence-corrected chi connectivity index (χ0v) is 13.0. The molecule has 110 valence electrons. The molecule has 1 aliphatic rings. The first-order valence-corrected chi connectivity index (χ1v) is 7.41. The second kappa shape index (κ2) is 5.82. The topological polar surface area (TPSA) is 32.3 Å². The van der Waals surface area contributed by atoms with Gasteiger partial charge in [0.1, 0.15) is 12.1 Å². The molecule has 1 aromatic heterocycles. The van der Waals surface area contributed by atoms with Gasteiger partial charge in [0, 0.05) is 37.4 Å². The van der Waals surface area contributed by atoms with E-state index < -0.39 is 0 Å². The molecule has 3 rings (SSSR count). The summed E-state index contributed by atoms with van der Waals surface area (Å²) in [5.74, 6) is 1.04. The van der Waals surface area contributed by atoms with E-state index >= 15 is 0 Å². The molecular weight excluding hydrogens is 260 g/mol. The zero-order valence-electron chi connectivity index (χ0n) is 13.0. The lowest BCUT2D eigenvalue weighted by Crippen LogP contribution is -2.58. The third-order valence-corrected chi connectivity index (χ3v) is 4.15.